The largest absolute Gasteiger partial charge is 0.393 e. The second kappa shape index (κ2) is 7.53. The molecular weight excluding hydrogens is 156 g/mol. The van der Waals surface area contributed by atoms with Crippen molar-refractivity contribution in [2.45, 2.75) is 13.8 Å². The first-order valence-electron chi connectivity index (χ1n) is 3.52. The summed E-state index contributed by atoms with van der Waals surface area (Å²) in [5, 5.41) is 10.1. The van der Waals surface area contributed by atoms with Crippen LogP contribution in [0.4, 0.5) is 0 Å². The van der Waals surface area contributed by atoms with Gasteiger partial charge in [-0.1, -0.05) is 27.0 Å². The van der Waals surface area contributed by atoms with E-state index in [0.717, 1.165) is 6.08 Å². The number of hydrogen-bond acceptors (Lipinski definition) is 3. The Labute approximate surface area is 72.2 Å². The van der Waals surface area contributed by atoms with Gasteiger partial charge in [0.15, 0.2) is 0 Å². The van der Waals surface area contributed by atoms with E-state index in [0.29, 0.717) is 0 Å². The number of nitrogens with two attached hydrogens (primary N) is 1. The highest BCUT2D eigenvalue weighted by Gasteiger charge is 2.07. The van der Waals surface area contributed by atoms with Crippen LogP contribution in [0.3, 0.4) is 0 Å². The maximum atomic E-state index is 10.1. The molecule has 0 aromatic rings. The Hall–Kier alpha value is -1.58. The lowest BCUT2D eigenvalue weighted by Crippen LogP contribution is -2.05. The van der Waals surface area contributed by atoms with Crippen molar-refractivity contribution < 1.29 is 4.92 Å². The van der Waals surface area contributed by atoms with Gasteiger partial charge in [0.2, 0.25) is 0 Å². The number of rotatable bonds is 3. The van der Waals surface area contributed by atoms with Gasteiger partial charge in [-0.15, -0.1) is 0 Å². The summed E-state index contributed by atoms with van der Waals surface area (Å²) in [5.41, 5.74) is 4.99. The van der Waals surface area contributed by atoms with Crippen molar-refractivity contribution in [3.8, 4) is 0 Å². The van der Waals surface area contributed by atoms with Gasteiger partial charge in [0.1, 0.15) is 5.70 Å². The quantitative estimate of drug-likeness (QED) is 0.399. The van der Waals surface area contributed by atoms with Crippen LogP contribution in [0.2, 0.25) is 0 Å². The highest BCUT2D eigenvalue weighted by Crippen LogP contribution is 2.00. The summed E-state index contributed by atoms with van der Waals surface area (Å²) in [4.78, 5) is 9.47. The minimum atomic E-state index is -0.607. The molecular formula is C8H14N2O2. The summed E-state index contributed by atoms with van der Waals surface area (Å²) in [6, 6.07) is 0. The monoisotopic (exact) mass is 170 g/mol. The Morgan fingerprint density at radius 1 is 1.42 bits per heavy atom. The summed E-state index contributed by atoms with van der Waals surface area (Å²) >= 11 is 0. The van der Waals surface area contributed by atoms with Crippen molar-refractivity contribution >= 4 is 0 Å². The Kier molecular flexibility index (Phi) is 8.18. The summed E-state index contributed by atoms with van der Waals surface area (Å²) in [5.74, 6) is 0. The zero-order valence-corrected chi connectivity index (χ0v) is 7.41. The smallest absolute Gasteiger partial charge is 0.291 e. The van der Waals surface area contributed by atoms with Gasteiger partial charge in [-0.05, 0) is 6.08 Å². The molecule has 0 bridgehead atoms. The molecule has 0 fully saturated rings. The topological polar surface area (TPSA) is 69.2 Å². The van der Waals surface area contributed by atoms with Gasteiger partial charge in [0.05, 0.1) is 4.92 Å². The first-order chi connectivity index (χ1) is 5.63. The molecule has 0 spiro atoms. The van der Waals surface area contributed by atoms with Crippen LogP contribution in [0.15, 0.2) is 36.7 Å². The molecule has 0 heterocycles. The summed E-state index contributed by atoms with van der Waals surface area (Å²) in [6.07, 6.45) is 2.29. The fourth-order valence-corrected chi connectivity index (χ4v) is 0.402. The molecule has 0 saturated heterocycles. The molecule has 4 heteroatoms. The van der Waals surface area contributed by atoms with E-state index in [-0.39, 0.29) is 11.4 Å². The van der Waals surface area contributed by atoms with Crippen molar-refractivity contribution in [3.05, 3.63) is 46.8 Å². The highest BCUT2D eigenvalue weighted by atomic mass is 16.6. The van der Waals surface area contributed by atoms with Crippen LogP contribution in [0.5, 0.6) is 0 Å². The number of hydrogen-bond donors (Lipinski definition) is 1. The van der Waals surface area contributed by atoms with E-state index in [1.54, 1.807) is 0 Å². The first-order valence-corrected chi connectivity index (χ1v) is 3.52. The van der Waals surface area contributed by atoms with E-state index >= 15 is 0 Å². The molecule has 0 atom stereocenters. The molecule has 0 amide bonds. The first kappa shape index (κ1) is 13.0. The van der Waals surface area contributed by atoms with Crippen LogP contribution < -0.4 is 5.73 Å². The molecule has 0 saturated carbocycles. The van der Waals surface area contributed by atoms with Crippen LogP contribution >= 0.6 is 0 Å². The third-order valence-corrected chi connectivity index (χ3v) is 0.906. The zero-order chi connectivity index (χ0) is 10.1. The molecule has 4 nitrogen and oxygen atoms in total. The van der Waals surface area contributed by atoms with E-state index in [1.165, 1.54) is 6.08 Å². The van der Waals surface area contributed by atoms with Gasteiger partial charge in [-0.3, -0.25) is 10.1 Å². The molecule has 0 unspecified atom stereocenters. The number of nitrogens with zero attached hydrogens (tertiary/aromatic N) is 1. The number of nitro groups is 1. The highest BCUT2D eigenvalue weighted by molar-refractivity contribution is 5.22. The Morgan fingerprint density at radius 2 is 1.83 bits per heavy atom. The molecule has 0 aromatic carbocycles. The van der Waals surface area contributed by atoms with E-state index < -0.39 is 4.92 Å². The Morgan fingerprint density at radius 3 is 1.92 bits per heavy atom. The van der Waals surface area contributed by atoms with E-state index in [4.69, 9.17) is 5.73 Å². The fraction of sp³-hybridized carbons (Fsp3) is 0.250. The van der Waals surface area contributed by atoms with Gasteiger partial charge >= 0.3 is 0 Å². The van der Waals surface area contributed by atoms with Crippen molar-refractivity contribution in [1.29, 1.82) is 0 Å². The second-order valence-corrected chi connectivity index (χ2v) is 1.51. The van der Waals surface area contributed by atoms with Gasteiger partial charge in [0, 0.05) is 6.08 Å². The standard InChI is InChI=1S/C6H8N2O2.C2H6/c1-3-5(7)6(4-2)8(9)10;1-2/h3-4H,1-2,7H2;1-2H3/b6-5-;. The molecule has 0 aliphatic carbocycles. The zero-order valence-electron chi connectivity index (χ0n) is 7.41. The van der Waals surface area contributed by atoms with Gasteiger partial charge in [-0.25, -0.2) is 0 Å². The van der Waals surface area contributed by atoms with E-state index in [2.05, 4.69) is 13.2 Å². The molecule has 2 N–H and O–H groups in total. The lowest BCUT2D eigenvalue weighted by atomic mass is 10.3. The van der Waals surface area contributed by atoms with Crippen LogP contribution in [0.1, 0.15) is 13.8 Å². The predicted octanol–water partition coefficient (Wildman–Crippen LogP) is 1.83. The Bertz CT molecular complexity index is 207. The normalized spacial score (nSPS) is 10.2. The third kappa shape index (κ3) is 4.27. The SMILES string of the molecule is C=C/C(N)=C(\C=C)[N+](=O)[O-].CC. The maximum absolute atomic E-state index is 10.1. The molecule has 0 rings (SSSR count). The molecule has 0 radical (unpaired) electrons. The summed E-state index contributed by atoms with van der Waals surface area (Å²) in [7, 11) is 0. The lowest BCUT2D eigenvalue weighted by Gasteiger charge is -1.91. The number of allylic oxidation sites excluding steroid dienone is 2. The minimum absolute atomic E-state index is 0.0278. The molecule has 0 aromatic heterocycles. The van der Waals surface area contributed by atoms with Crippen molar-refractivity contribution in [2.75, 3.05) is 0 Å². The van der Waals surface area contributed by atoms with Crippen LogP contribution in [0.25, 0.3) is 0 Å². The molecule has 12 heavy (non-hydrogen) atoms. The predicted molar refractivity (Wildman–Crippen MR) is 49.9 cm³/mol. The van der Waals surface area contributed by atoms with Gasteiger partial charge < -0.3 is 5.73 Å². The Balaban J connectivity index is 0. The fourth-order valence-electron chi connectivity index (χ4n) is 0.402. The second-order valence-electron chi connectivity index (χ2n) is 1.51. The molecule has 68 valence electrons. The van der Waals surface area contributed by atoms with Crippen LogP contribution in [-0.2, 0) is 0 Å². The summed E-state index contributed by atoms with van der Waals surface area (Å²) < 4.78 is 0. The average molecular weight is 170 g/mol. The van der Waals surface area contributed by atoms with E-state index in [1.807, 2.05) is 13.8 Å². The maximum Gasteiger partial charge on any atom is 0.291 e. The van der Waals surface area contributed by atoms with E-state index in [9.17, 15) is 10.1 Å². The average Bonchev–Trinajstić information content (AvgIpc) is 2.08. The van der Waals surface area contributed by atoms with Crippen LogP contribution in [-0.4, -0.2) is 4.92 Å². The minimum Gasteiger partial charge on any atom is -0.393 e. The molecule has 0 aliphatic rings. The molecule has 0 aliphatic heterocycles. The lowest BCUT2D eigenvalue weighted by molar-refractivity contribution is -0.420. The van der Waals surface area contributed by atoms with Crippen LogP contribution in [0, 0.1) is 10.1 Å². The van der Waals surface area contributed by atoms with Gasteiger partial charge in [-0.2, -0.15) is 0 Å². The van der Waals surface area contributed by atoms with Gasteiger partial charge in [0.25, 0.3) is 5.70 Å². The van der Waals surface area contributed by atoms with Crippen molar-refractivity contribution in [3.63, 3.8) is 0 Å². The third-order valence-electron chi connectivity index (χ3n) is 0.906. The van der Waals surface area contributed by atoms with Crippen molar-refractivity contribution in [2.24, 2.45) is 5.73 Å². The summed E-state index contributed by atoms with van der Waals surface area (Å²) in [6.45, 7) is 10.5. The van der Waals surface area contributed by atoms with Crippen molar-refractivity contribution in [1.82, 2.24) is 0 Å².